The third kappa shape index (κ3) is 3.29. The molecule has 1 N–H and O–H groups in total. The first kappa shape index (κ1) is 15.5. The van der Waals surface area contributed by atoms with Crippen molar-refractivity contribution in [3.63, 3.8) is 0 Å². The Morgan fingerprint density at radius 2 is 1.80 bits per heavy atom. The molecule has 25 heavy (non-hydrogen) atoms. The van der Waals surface area contributed by atoms with Gasteiger partial charge in [-0.15, -0.1) is 0 Å². The largest absolute Gasteiger partial charge is 0.481 e. The lowest BCUT2D eigenvalue weighted by Gasteiger charge is -2.36. The minimum absolute atomic E-state index is 0.228. The Morgan fingerprint density at radius 3 is 2.48 bits per heavy atom. The van der Waals surface area contributed by atoms with Crippen LogP contribution in [0, 0.1) is 5.92 Å². The highest BCUT2D eigenvalue weighted by Crippen LogP contribution is 2.24. The van der Waals surface area contributed by atoms with Crippen molar-refractivity contribution in [2.75, 3.05) is 13.1 Å². The summed E-state index contributed by atoms with van der Waals surface area (Å²) < 4.78 is 5.36. The smallest absolute Gasteiger partial charge is 0.309 e. The molecule has 0 bridgehead atoms. The molecule has 0 spiro atoms. The van der Waals surface area contributed by atoms with E-state index in [9.17, 15) is 4.79 Å². The maximum absolute atomic E-state index is 10.8. The van der Waals surface area contributed by atoms with Crippen LogP contribution in [0.4, 0.5) is 0 Å². The van der Waals surface area contributed by atoms with E-state index in [1.165, 1.54) is 0 Å². The Balaban J connectivity index is 1.43. The van der Waals surface area contributed by atoms with Gasteiger partial charge in [-0.05, 0) is 17.7 Å². The van der Waals surface area contributed by atoms with Crippen molar-refractivity contribution in [3.8, 4) is 22.8 Å². The van der Waals surface area contributed by atoms with Gasteiger partial charge in [0, 0.05) is 30.8 Å². The van der Waals surface area contributed by atoms with Crippen LogP contribution in [0.2, 0.25) is 0 Å². The zero-order chi connectivity index (χ0) is 17.2. The number of nitrogens with zero attached hydrogens (tertiary/aromatic N) is 3. The van der Waals surface area contributed by atoms with Gasteiger partial charge in [0.15, 0.2) is 0 Å². The summed E-state index contributed by atoms with van der Waals surface area (Å²) in [5, 5.41) is 12.9. The third-order valence-corrected chi connectivity index (χ3v) is 4.37. The first-order valence-electron chi connectivity index (χ1n) is 8.12. The summed E-state index contributed by atoms with van der Waals surface area (Å²) in [6.07, 6.45) is 0. The van der Waals surface area contributed by atoms with Crippen molar-refractivity contribution < 1.29 is 14.4 Å². The highest BCUT2D eigenvalue weighted by Gasteiger charge is 2.32. The molecule has 0 amide bonds. The lowest BCUT2D eigenvalue weighted by Crippen LogP contribution is -2.49. The minimum Gasteiger partial charge on any atom is -0.481 e. The third-order valence-electron chi connectivity index (χ3n) is 4.37. The number of aliphatic carboxylic acids is 1. The van der Waals surface area contributed by atoms with Crippen LogP contribution in [-0.4, -0.2) is 39.2 Å². The van der Waals surface area contributed by atoms with Crippen LogP contribution < -0.4 is 0 Å². The van der Waals surface area contributed by atoms with E-state index >= 15 is 0 Å². The van der Waals surface area contributed by atoms with Crippen molar-refractivity contribution in [3.05, 3.63) is 60.2 Å². The van der Waals surface area contributed by atoms with Crippen LogP contribution in [0.1, 0.15) is 5.56 Å². The zero-order valence-corrected chi connectivity index (χ0v) is 13.5. The Hall–Kier alpha value is -2.99. The molecule has 2 heterocycles. The van der Waals surface area contributed by atoms with Crippen LogP contribution in [0.25, 0.3) is 22.8 Å². The molecule has 1 aromatic heterocycles. The number of aromatic nitrogens is 2. The zero-order valence-electron chi connectivity index (χ0n) is 13.5. The van der Waals surface area contributed by atoms with Gasteiger partial charge in [0.1, 0.15) is 0 Å². The predicted molar refractivity (Wildman–Crippen MR) is 91.6 cm³/mol. The van der Waals surface area contributed by atoms with Gasteiger partial charge in [-0.2, -0.15) is 4.98 Å². The maximum Gasteiger partial charge on any atom is 0.309 e. The second-order valence-electron chi connectivity index (χ2n) is 6.22. The Morgan fingerprint density at radius 1 is 1.08 bits per heavy atom. The molecule has 126 valence electrons. The van der Waals surface area contributed by atoms with Gasteiger partial charge in [-0.1, -0.05) is 47.6 Å². The number of hydrogen-bond donors (Lipinski definition) is 1. The molecular formula is C19H17N3O3. The van der Waals surface area contributed by atoms with Crippen LogP contribution in [0.3, 0.4) is 0 Å². The molecule has 0 radical (unpaired) electrons. The summed E-state index contributed by atoms with van der Waals surface area (Å²) in [4.78, 5) is 17.4. The fourth-order valence-electron chi connectivity index (χ4n) is 2.91. The molecule has 0 atom stereocenters. The van der Waals surface area contributed by atoms with Crippen molar-refractivity contribution in [1.82, 2.24) is 15.0 Å². The van der Waals surface area contributed by atoms with Crippen molar-refractivity contribution in [2.45, 2.75) is 6.54 Å². The molecule has 0 saturated carbocycles. The topological polar surface area (TPSA) is 79.5 Å². The number of carboxylic acids is 1. The highest BCUT2D eigenvalue weighted by atomic mass is 16.5. The van der Waals surface area contributed by atoms with Gasteiger partial charge < -0.3 is 9.63 Å². The van der Waals surface area contributed by atoms with Crippen molar-refractivity contribution in [1.29, 1.82) is 0 Å². The van der Waals surface area contributed by atoms with E-state index in [-0.39, 0.29) is 5.92 Å². The molecule has 4 rings (SSSR count). The summed E-state index contributed by atoms with van der Waals surface area (Å²) in [6, 6.07) is 17.6. The van der Waals surface area contributed by atoms with Crippen LogP contribution >= 0.6 is 0 Å². The number of rotatable bonds is 5. The predicted octanol–water partition coefficient (Wildman–Crippen LogP) is 2.92. The second kappa shape index (κ2) is 6.49. The molecule has 6 heteroatoms. The van der Waals surface area contributed by atoms with E-state index in [4.69, 9.17) is 9.63 Å². The standard InChI is InChI=1S/C19H17N3O3/c23-19(24)16-11-22(12-16)10-13-6-8-15(9-7-13)18-20-17(21-25-18)14-4-2-1-3-5-14/h1-9,16H,10-12H2,(H,23,24). The van der Waals surface area contributed by atoms with Crippen molar-refractivity contribution in [2.24, 2.45) is 5.92 Å². The summed E-state index contributed by atoms with van der Waals surface area (Å²) in [5.74, 6) is 0.117. The second-order valence-corrected chi connectivity index (χ2v) is 6.22. The normalized spacial score (nSPS) is 15.0. The number of carbonyl (C=O) groups is 1. The molecule has 1 aliphatic rings. The molecular weight excluding hydrogens is 318 g/mol. The molecule has 2 aromatic carbocycles. The van der Waals surface area contributed by atoms with Gasteiger partial charge in [-0.25, -0.2) is 0 Å². The Bertz CT molecular complexity index is 868. The summed E-state index contributed by atoms with van der Waals surface area (Å²) >= 11 is 0. The monoisotopic (exact) mass is 335 g/mol. The molecule has 1 aliphatic heterocycles. The minimum atomic E-state index is -0.711. The Labute approximate surface area is 144 Å². The molecule has 6 nitrogen and oxygen atoms in total. The summed E-state index contributed by atoms with van der Waals surface area (Å²) in [5.41, 5.74) is 2.92. The molecule has 0 unspecified atom stereocenters. The Kier molecular flexibility index (Phi) is 4.03. The summed E-state index contributed by atoms with van der Waals surface area (Å²) in [6.45, 7) is 1.98. The van der Waals surface area contributed by atoms with E-state index in [1.807, 2.05) is 54.6 Å². The van der Waals surface area contributed by atoms with Gasteiger partial charge in [0.25, 0.3) is 5.89 Å². The quantitative estimate of drug-likeness (QED) is 0.772. The average molecular weight is 335 g/mol. The SMILES string of the molecule is O=C(O)C1CN(Cc2ccc(-c3nc(-c4ccccc4)no3)cc2)C1. The van der Waals surface area contributed by atoms with Crippen molar-refractivity contribution >= 4 is 5.97 Å². The number of likely N-dealkylation sites (tertiary alicyclic amines) is 1. The first-order chi connectivity index (χ1) is 12.2. The summed E-state index contributed by atoms with van der Waals surface area (Å²) in [7, 11) is 0. The van der Waals surface area contributed by atoms with E-state index in [0.29, 0.717) is 24.8 Å². The lowest BCUT2D eigenvalue weighted by atomic mass is 9.99. The van der Waals surface area contributed by atoms with Gasteiger partial charge in [-0.3, -0.25) is 9.69 Å². The lowest BCUT2D eigenvalue weighted by molar-refractivity contribution is -0.147. The van der Waals surface area contributed by atoms with Crippen LogP contribution in [0.5, 0.6) is 0 Å². The van der Waals surface area contributed by atoms with Gasteiger partial charge >= 0.3 is 5.97 Å². The number of benzene rings is 2. The van der Waals surface area contributed by atoms with Gasteiger partial charge in [0.2, 0.25) is 5.82 Å². The highest BCUT2D eigenvalue weighted by molar-refractivity contribution is 5.71. The number of carboxylic acid groups (broad SMARTS) is 1. The van der Waals surface area contributed by atoms with E-state index < -0.39 is 5.97 Å². The van der Waals surface area contributed by atoms with E-state index in [2.05, 4.69) is 15.0 Å². The molecule has 1 fully saturated rings. The fourth-order valence-corrected chi connectivity index (χ4v) is 2.91. The first-order valence-corrected chi connectivity index (χ1v) is 8.12. The van der Waals surface area contributed by atoms with Crippen LogP contribution in [0.15, 0.2) is 59.1 Å². The molecule has 1 saturated heterocycles. The van der Waals surface area contributed by atoms with E-state index in [0.717, 1.165) is 23.2 Å². The molecule has 3 aromatic rings. The van der Waals surface area contributed by atoms with E-state index in [1.54, 1.807) is 0 Å². The average Bonchev–Trinajstić information content (AvgIpc) is 3.09. The number of hydrogen-bond acceptors (Lipinski definition) is 5. The molecule has 0 aliphatic carbocycles. The van der Waals surface area contributed by atoms with Gasteiger partial charge in [0.05, 0.1) is 5.92 Å². The maximum atomic E-state index is 10.8. The van der Waals surface area contributed by atoms with Crippen LogP contribution in [-0.2, 0) is 11.3 Å². The fraction of sp³-hybridized carbons (Fsp3) is 0.211.